The lowest BCUT2D eigenvalue weighted by molar-refractivity contribution is -0.274. The molecule has 1 heterocycles. The van der Waals surface area contributed by atoms with Gasteiger partial charge in [0.05, 0.1) is 14.8 Å². The van der Waals surface area contributed by atoms with E-state index in [9.17, 15) is 35.3 Å². The lowest BCUT2D eigenvalue weighted by Gasteiger charge is -2.14. The van der Waals surface area contributed by atoms with Gasteiger partial charge in [0.2, 0.25) is 0 Å². The summed E-state index contributed by atoms with van der Waals surface area (Å²) in [5.41, 5.74) is -2.28. The van der Waals surface area contributed by atoms with E-state index in [4.69, 9.17) is 21.1 Å². The zero-order valence-corrected chi connectivity index (χ0v) is 19.3. The van der Waals surface area contributed by atoms with Crippen LogP contribution < -0.4 is 14.8 Å². The molecular formula is C20H13ClF6N4O4S. The minimum atomic E-state index is -5.00. The van der Waals surface area contributed by atoms with Crippen LogP contribution in [0.3, 0.4) is 0 Å². The lowest BCUT2D eigenvalue weighted by Crippen LogP contribution is -2.18. The number of nitrogens with one attached hydrogen (secondary N) is 2. The van der Waals surface area contributed by atoms with Crippen LogP contribution in [-0.4, -0.2) is 32.9 Å². The van der Waals surface area contributed by atoms with Crippen LogP contribution in [0.4, 0.5) is 32.0 Å². The maximum Gasteiger partial charge on any atom is 0.573 e. The van der Waals surface area contributed by atoms with Gasteiger partial charge in [0.25, 0.3) is 11.8 Å². The van der Waals surface area contributed by atoms with Gasteiger partial charge in [0, 0.05) is 22.9 Å². The molecule has 0 aliphatic rings. The minimum absolute atomic E-state index is 0.00216. The molecule has 16 heteroatoms. The van der Waals surface area contributed by atoms with E-state index >= 15 is 0 Å². The van der Waals surface area contributed by atoms with Gasteiger partial charge in [-0.1, -0.05) is 17.7 Å². The Labute approximate surface area is 204 Å². The van der Waals surface area contributed by atoms with Gasteiger partial charge in [-0.25, -0.2) is 8.99 Å². The van der Waals surface area contributed by atoms with Crippen LogP contribution in [0.15, 0.2) is 53.4 Å². The number of carbonyl (C=O) groups excluding carboxylic acids is 1. The highest BCUT2D eigenvalue weighted by molar-refractivity contribution is 7.91. The van der Waals surface area contributed by atoms with Gasteiger partial charge in [0.15, 0.2) is 5.69 Å². The van der Waals surface area contributed by atoms with Crippen LogP contribution in [0.2, 0.25) is 5.02 Å². The SMILES string of the molecule is CS(=N)(=O)c1cccc(NC(=O)c2cc(C(F)(F)F)nnc2Oc2ccc(OC(F)(F)F)cc2Cl)c1. The molecule has 0 bridgehead atoms. The average molecular weight is 555 g/mol. The zero-order valence-electron chi connectivity index (χ0n) is 17.7. The number of halogens is 7. The van der Waals surface area contributed by atoms with E-state index in [0.29, 0.717) is 6.07 Å². The Bertz CT molecular complexity index is 1410. The highest BCUT2D eigenvalue weighted by atomic mass is 35.5. The van der Waals surface area contributed by atoms with Gasteiger partial charge in [0.1, 0.15) is 17.1 Å². The Morgan fingerprint density at radius 2 is 1.75 bits per heavy atom. The third-order valence-corrected chi connectivity index (χ3v) is 5.63. The fourth-order valence-corrected chi connectivity index (χ4v) is 3.54. The highest BCUT2D eigenvalue weighted by Crippen LogP contribution is 2.36. The Morgan fingerprint density at radius 3 is 2.33 bits per heavy atom. The van der Waals surface area contributed by atoms with Gasteiger partial charge in [-0.05, 0) is 36.4 Å². The first-order valence-electron chi connectivity index (χ1n) is 9.36. The Hall–Kier alpha value is -3.59. The number of ether oxygens (including phenoxy) is 2. The van der Waals surface area contributed by atoms with E-state index in [-0.39, 0.29) is 16.3 Å². The quantitative estimate of drug-likeness (QED) is 0.354. The molecule has 0 fully saturated rings. The first-order valence-corrected chi connectivity index (χ1v) is 11.7. The molecule has 0 aliphatic heterocycles. The first kappa shape index (κ1) is 27.0. The summed E-state index contributed by atoms with van der Waals surface area (Å²) in [6.45, 7) is 0. The summed E-state index contributed by atoms with van der Waals surface area (Å²) in [5.74, 6) is -2.96. The number of hydrogen-bond acceptors (Lipinski definition) is 7. The van der Waals surface area contributed by atoms with Gasteiger partial charge in [-0.15, -0.1) is 23.4 Å². The van der Waals surface area contributed by atoms with Crippen molar-refractivity contribution >= 4 is 32.9 Å². The molecule has 36 heavy (non-hydrogen) atoms. The predicted octanol–water partition coefficient (Wildman–Crippen LogP) is 6.13. The smallest absolute Gasteiger partial charge is 0.435 e. The van der Waals surface area contributed by atoms with E-state index in [1.54, 1.807) is 0 Å². The molecule has 2 aromatic carbocycles. The summed E-state index contributed by atoms with van der Waals surface area (Å²) in [5, 5.41) is 8.11. The largest absolute Gasteiger partial charge is 0.573 e. The molecule has 1 unspecified atom stereocenters. The van der Waals surface area contributed by atoms with Crippen molar-refractivity contribution in [2.24, 2.45) is 0 Å². The van der Waals surface area contributed by atoms with E-state index in [1.807, 2.05) is 0 Å². The van der Waals surface area contributed by atoms with Crippen molar-refractivity contribution in [3.63, 3.8) is 0 Å². The van der Waals surface area contributed by atoms with Crippen molar-refractivity contribution in [1.82, 2.24) is 10.2 Å². The third-order valence-electron chi connectivity index (χ3n) is 4.18. The van der Waals surface area contributed by atoms with Crippen LogP contribution in [0.25, 0.3) is 0 Å². The molecule has 0 aliphatic carbocycles. The molecule has 0 saturated heterocycles. The predicted molar refractivity (Wildman–Crippen MR) is 115 cm³/mol. The number of alkyl halides is 6. The van der Waals surface area contributed by atoms with Crippen molar-refractivity contribution < 1.29 is 44.8 Å². The van der Waals surface area contributed by atoms with Crippen LogP contribution in [0.1, 0.15) is 16.1 Å². The number of aromatic nitrogens is 2. The van der Waals surface area contributed by atoms with Gasteiger partial charge >= 0.3 is 12.5 Å². The molecule has 192 valence electrons. The van der Waals surface area contributed by atoms with Crippen molar-refractivity contribution in [3.05, 3.63) is 64.8 Å². The number of hydrogen-bond donors (Lipinski definition) is 2. The second-order valence-electron chi connectivity index (χ2n) is 7.01. The van der Waals surface area contributed by atoms with Crippen LogP contribution >= 0.6 is 11.6 Å². The van der Waals surface area contributed by atoms with Crippen molar-refractivity contribution in [2.75, 3.05) is 11.6 Å². The zero-order chi connectivity index (χ0) is 26.9. The molecule has 2 N–H and O–H groups in total. The second-order valence-corrected chi connectivity index (χ2v) is 9.58. The summed E-state index contributed by atoms with van der Waals surface area (Å²) >= 11 is 5.89. The topological polar surface area (TPSA) is 114 Å². The van der Waals surface area contributed by atoms with Crippen molar-refractivity contribution in [1.29, 1.82) is 4.78 Å². The Morgan fingerprint density at radius 1 is 1.06 bits per heavy atom. The van der Waals surface area contributed by atoms with E-state index in [1.165, 1.54) is 24.3 Å². The third kappa shape index (κ3) is 6.97. The standard InChI is InChI=1S/C20H13ClF6N4O4S/c1-36(28,33)12-4-2-3-10(7-12)29-17(32)13-9-16(19(22,23)24)30-31-18(13)34-15-6-5-11(8-14(15)21)35-20(25,26)27/h2-9,28H,1H3,(H,29,32). The molecule has 0 saturated carbocycles. The fourth-order valence-electron chi connectivity index (χ4n) is 2.64. The summed E-state index contributed by atoms with van der Waals surface area (Å²) < 4.78 is 105. The number of amides is 1. The van der Waals surface area contributed by atoms with E-state index in [0.717, 1.165) is 24.5 Å². The van der Waals surface area contributed by atoms with Crippen LogP contribution in [0.5, 0.6) is 17.4 Å². The molecule has 1 amide bonds. The van der Waals surface area contributed by atoms with Crippen molar-refractivity contribution in [3.8, 4) is 17.4 Å². The maximum atomic E-state index is 13.2. The molecule has 3 aromatic rings. The van der Waals surface area contributed by atoms with Crippen LogP contribution in [0, 0.1) is 4.78 Å². The van der Waals surface area contributed by atoms with E-state index in [2.05, 4.69) is 20.3 Å². The highest BCUT2D eigenvalue weighted by Gasteiger charge is 2.35. The summed E-state index contributed by atoms with van der Waals surface area (Å²) in [6.07, 6.45) is -8.84. The summed E-state index contributed by atoms with van der Waals surface area (Å²) in [6, 6.07) is 8.09. The number of nitrogens with zero attached hydrogens (tertiary/aromatic N) is 2. The molecule has 8 nitrogen and oxygen atoms in total. The van der Waals surface area contributed by atoms with Crippen LogP contribution in [-0.2, 0) is 15.9 Å². The monoisotopic (exact) mass is 554 g/mol. The number of benzene rings is 2. The van der Waals surface area contributed by atoms with Gasteiger partial charge < -0.3 is 14.8 Å². The molecule has 1 aromatic heterocycles. The number of rotatable bonds is 6. The normalized spacial score (nSPS) is 13.6. The van der Waals surface area contributed by atoms with Gasteiger partial charge in [-0.3, -0.25) is 4.79 Å². The number of anilines is 1. The summed E-state index contributed by atoms with van der Waals surface area (Å²) in [4.78, 5) is 12.9. The minimum Gasteiger partial charge on any atom is -0.435 e. The van der Waals surface area contributed by atoms with Crippen molar-refractivity contribution in [2.45, 2.75) is 17.4 Å². The Balaban J connectivity index is 1.97. The number of carbonyl (C=O) groups is 1. The fraction of sp³-hybridized carbons (Fsp3) is 0.150. The average Bonchev–Trinajstić information content (AvgIpc) is 2.73. The Kier molecular flexibility index (Phi) is 7.36. The van der Waals surface area contributed by atoms with Gasteiger partial charge in [-0.2, -0.15) is 13.2 Å². The molecule has 0 radical (unpaired) electrons. The van der Waals surface area contributed by atoms with E-state index < -0.39 is 56.1 Å². The molecule has 1 atom stereocenters. The first-order chi connectivity index (χ1) is 16.5. The maximum absolute atomic E-state index is 13.2. The molecular weight excluding hydrogens is 542 g/mol. The molecule has 3 rings (SSSR count). The summed E-state index contributed by atoms with van der Waals surface area (Å²) in [7, 11) is -3.16. The lowest BCUT2D eigenvalue weighted by atomic mass is 10.2. The molecule has 0 spiro atoms. The second kappa shape index (κ2) is 9.81.